The summed E-state index contributed by atoms with van der Waals surface area (Å²) >= 11 is 0. The Balaban J connectivity index is 2.30. The molecule has 19 heavy (non-hydrogen) atoms. The lowest BCUT2D eigenvalue weighted by Gasteiger charge is -2.12. The van der Waals surface area contributed by atoms with Gasteiger partial charge in [-0.2, -0.15) is 0 Å². The van der Waals surface area contributed by atoms with Gasteiger partial charge in [0.1, 0.15) is 5.75 Å². The molecule has 4 nitrogen and oxygen atoms in total. The molecule has 0 saturated heterocycles. The topological polar surface area (TPSA) is 66.8 Å². The summed E-state index contributed by atoms with van der Waals surface area (Å²) < 4.78 is 5.10. The van der Waals surface area contributed by atoms with Crippen LogP contribution in [0.15, 0.2) is 54.6 Å². The van der Waals surface area contributed by atoms with Crippen LogP contribution in [0.5, 0.6) is 5.75 Å². The molecule has 0 aliphatic rings. The summed E-state index contributed by atoms with van der Waals surface area (Å²) in [4.78, 5) is 11.5. The highest BCUT2D eigenvalue weighted by molar-refractivity contribution is 5.80. The molecule has 1 atom stereocenters. The van der Waals surface area contributed by atoms with Crippen molar-refractivity contribution < 1.29 is 19.7 Å². The van der Waals surface area contributed by atoms with Crippen molar-refractivity contribution in [1.82, 2.24) is 0 Å². The maximum Gasteiger partial charge on any atom is 0.342 e. The molecule has 0 saturated carbocycles. The minimum atomic E-state index is -1.52. The van der Waals surface area contributed by atoms with Gasteiger partial charge < -0.3 is 14.9 Å². The van der Waals surface area contributed by atoms with Crippen molar-refractivity contribution in [3.63, 3.8) is 0 Å². The molecule has 0 aromatic heterocycles. The van der Waals surface area contributed by atoms with E-state index in [2.05, 4.69) is 0 Å². The number of carbonyl (C=O) groups excluding carboxylic acids is 1. The first-order valence-corrected chi connectivity index (χ1v) is 5.87. The van der Waals surface area contributed by atoms with Crippen LogP contribution in [-0.4, -0.2) is 28.9 Å². The van der Waals surface area contributed by atoms with Crippen LogP contribution in [0.3, 0.4) is 0 Å². The van der Waals surface area contributed by atoms with Gasteiger partial charge in [-0.3, -0.25) is 0 Å². The third-order valence-corrected chi connectivity index (χ3v) is 2.63. The fraction of sp³-hybridized carbons (Fsp3) is 0.133. The van der Waals surface area contributed by atoms with Gasteiger partial charge in [0.05, 0.1) is 6.61 Å². The third-order valence-electron chi connectivity index (χ3n) is 2.63. The largest absolute Gasteiger partial charge is 0.424 e. The molecule has 2 aromatic rings. The molecule has 0 heterocycles. The summed E-state index contributed by atoms with van der Waals surface area (Å²) in [5.74, 6) is -0.517. The van der Waals surface area contributed by atoms with E-state index in [-0.39, 0.29) is 0 Å². The zero-order valence-corrected chi connectivity index (χ0v) is 10.2. The van der Waals surface area contributed by atoms with Crippen LogP contribution in [0.4, 0.5) is 0 Å². The van der Waals surface area contributed by atoms with E-state index >= 15 is 0 Å². The van der Waals surface area contributed by atoms with Crippen molar-refractivity contribution in [2.45, 2.75) is 6.10 Å². The van der Waals surface area contributed by atoms with Crippen LogP contribution in [0.2, 0.25) is 0 Å². The third kappa shape index (κ3) is 3.19. The Morgan fingerprint density at radius 3 is 2.37 bits per heavy atom. The number of hydrogen-bond donors (Lipinski definition) is 2. The van der Waals surface area contributed by atoms with Crippen LogP contribution >= 0.6 is 0 Å². The number of hydrogen-bond acceptors (Lipinski definition) is 4. The van der Waals surface area contributed by atoms with Crippen molar-refractivity contribution in [3.8, 4) is 16.9 Å². The second-order valence-corrected chi connectivity index (χ2v) is 3.98. The minimum absolute atomic E-state index is 0.353. The molecule has 98 valence electrons. The first-order chi connectivity index (χ1) is 9.22. The van der Waals surface area contributed by atoms with Gasteiger partial charge in [0.15, 0.2) is 6.10 Å². The Bertz CT molecular complexity index is 551. The van der Waals surface area contributed by atoms with Gasteiger partial charge in [0, 0.05) is 5.56 Å². The SMILES string of the molecule is O=C(Oc1ccccc1-c1ccccc1)C(O)CO. The number of esters is 1. The van der Waals surface area contributed by atoms with Crippen LogP contribution < -0.4 is 4.74 Å². The molecule has 2 rings (SSSR count). The van der Waals surface area contributed by atoms with E-state index in [9.17, 15) is 9.90 Å². The van der Waals surface area contributed by atoms with Gasteiger partial charge in [0.2, 0.25) is 0 Å². The molecule has 2 aromatic carbocycles. The predicted molar refractivity (Wildman–Crippen MR) is 70.6 cm³/mol. The summed E-state index contributed by atoms with van der Waals surface area (Å²) in [6.45, 7) is -0.660. The van der Waals surface area contributed by atoms with Gasteiger partial charge >= 0.3 is 5.97 Å². The van der Waals surface area contributed by atoms with Gasteiger partial charge in [-0.05, 0) is 11.6 Å². The lowest BCUT2D eigenvalue weighted by molar-refractivity contribution is -0.145. The van der Waals surface area contributed by atoms with Crippen molar-refractivity contribution in [1.29, 1.82) is 0 Å². The summed E-state index contributed by atoms with van der Waals surface area (Å²) in [5, 5.41) is 17.9. The molecule has 0 aliphatic heterocycles. The summed E-state index contributed by atoms with van der Waals surface area (Å²) in [6, 6.07) is 16.5. The number of aliphatic hydroxyl groups excluding tert-OH is 2. The molecular weight excluding hydrogens is 244 g/mol. The number of aliphatic hydroxyl groups is 2. The first kappa shape index (κ1) is 13.3. The van der Waals surface area contributed by atoms with E-state index < -0.39 is 18.7 Å². The first-order valence-electron chi connectivity index (χ1n) is 5.87. The fourth-order valence-electron chi connectivity index (χ4n) is 1.66. The highest BCUT2D eigenvalue weighted by atomic mass is 16.6. The molecule has 2 N–H and O–H groups in total. The van der Waals surface area contributed by atoms with E-state index in [1.807, 2.05) is 42.5 Å². The summed E-state index contributed by atoms with van der Waals surface area (Å²) in [7, 11) is 0. The average molecular weight is 258 g/mol. The molecule has 0 radical (unpaired) electrons. The molecule has 1 unspecified atom stereocenters. The monoisotopic (exact) mass is 258 g/mol. The maximum atomic E-state index is 11.5. The molecule has 4 heteroatoms. The van der Waals surface area contributed by atoms with E-state index in [4.69, 9.17) is 9.84 Å². The zero-order chi connectivity index (χ0) is 13.7. The number of para-hydroxylation sites is 1. The molecule has 0 fully saturated rings. The van der Waals surface area contributed by atoms with E-state index in [0.29, 0.717) is 5.75 Å². The summed E-state index contributed by atoms with van der Waals surface area (Å²) in [6.07, 6.45) is -1.52. The standard InChI is InChI=1S/C15H14O4/c16-10-13(17)15(18)19-14-9-5-4-8-12(14)11-6-2-1-3-7-11/h1-9,13,16-17H,10H2. The van der Waals surface area contributed by atoms with Crippen molar-refractivity contribution in [2.75, 3.05) is 6.61 Å². The molecule has 0 amide bonds. The Hall–Kier alpha value is -2.17. The predicted octanol–water partition coefficient (Wildman–Crippen LogP) is 1.61. The van der Waals surface area contributed by atoms with Gasteiger partial charge in [0.25, 0.3) is 0 Å². The zero-order valence-electron chi connectivity index (χ0n) is 10.2. The van der Waals surface area contributed by atoms with Crippen molar-refractivity contribution >= 4 is 5.97 Å². The lowest BCUT2D eigenvalue weighted by atomic mass is 10.1. The van der Waals surface area contributed by atoms with E-state index in [0.717, 1.165) is 11.1 Å². The second kappa shape index (κ2) is 6.13. The highest BCUT2D eigenvalue weighted by Gasteiger charge is 2.17. The van der Waals surface area contributed by atoms with Gasteiger partial charge in [-0.25, -0.2) is 4.79 Å². The summed E-state index contributed by atoms with van der Waals surface area (Å²) in [5.41, 5.74) is 1.66. The van der Waals surface area contributed by atoms with Crippen LogP contribution in [0.1, 0.15) is 0 Å². The van der Waals surface area contributed by atoms with E-state index in [1.54, 1.807) is 12.1 Å². The van der Waals surface area contributed by atoms with E-state index in [1.165, 1.54) is 0 Å². The Morgan fingerprint density at radius 2 is 1.68 bits per heavy atom. The number of benzene rings is 2. The van der Waals surface area contributed by atoms with Gasteiger partial charge in [-0.1, -0.05) is 48.5 Å². The maximum absolute atomic E-state index is 11.5. The number of carbonyl (C=O) groups is 1. The second-order valence-electron chi connectivity index (χ2n) is 3.98. The van der Waals surface area contributed by atoms with Crippen LogP contribution in [0, 0.1) is 0 Å². The number of ether oxygens (including phenoxy) is 1. The molecular formula is C15H14O4. The van der Waals surface area contributed by atoms with Gasteiger partial charge in [-0.15, -0.1) is 0 Å². The van der Waals surface area contributed by atoms with Crippen LogP contribution in [-0.2, 0) is 4.79 Å². The minimum Gasteiger partial charge on any atom is -0.424 e. The highest BCUT2D eigenvalue weighted by Crippen LogP contribution is 2.29. The van der Waals surface area contributed by atoms with Crippen LogP contribution in [0.25, 0.3) is 11.1 Å². The number of rotatable bonds is 4. The molecule has 0 spiro atoms. The quantitative estimate of drug-likeness (QED) is 0.646. The smallest absolute Gasteiger partial charge is 0.342 e. The molecule has 0 bridgehead atoms. The molecule has 0 aliphatic carbocycles. The van der Waals surface area contributed by atoms with Crippen molar-refractivity contribution in [3.05, 3.63) is 54.6 Å². The normalized spacial score (nSPS) is 11.9. The lowest BCUT2D eigenvalue weighted by Crippen LogP contribution is -2.28. The average Bonchev–Trinajstić information content (AvgIpc) is 2.47. The fourth-order valence-corrected chi connectivity index (χ4v) is 1.66. The Morgan fingerprint density at radius 1 is 1.05 bits per heavy atom. The Kier molecular flexibility index (Phi) is 4.28. The van der Waals surface area contributed by atoms with Crippen molar-refractivity contribution in [2.24, 2.45) is 0 Å². The Labute approximate surface area is 110 Å².